The van der Waals surface area contributed by atoms with Crippen LogP contribution in [-0.2, 0) is 0 Å². The number of carbonyl (C=O) groups excluding carboxylic acids is 1. The number of hydrogen-bond acceptors (Lipinski definition) is 4. The van der Waals surface area contributed by atoms with Crippen molar-refractivity contribution in [1.29, 1.82) is 0 Å². The Bertz CT molecular complexity index is 493. The van der Waals surface area contributed by atoms with Gasteiger partial charge in [0.05, 0.1) is 6.61 Å². The fourth-order valence-corrected chi connectivity index (χ4v) is 3.96. The van der Waals surface area contributed by atoms with Crippen LogP contribution in [0.1, 0.15) is 43.5 Å². The van der Waals surface area contributed by atoms with E-state index in [0.717, 1.165) is 12.2 Å². The fourth-order valence-electron chi connectivity index (χ4n) is 2.76. The van der Waals surface area contributed by atoms with Gasteiger partial charge >= 0.3 is 0 Å². The molecule has 21 heavy (non-hydrogen) atoms. The smallest absolute Gasteiger partial charge is 0.251 e. The van der Waals surface area contributed by atoms with Crippen LogP contribution in [0.2, 0.25) is 0 Å². The molecular weight excluding hydrogens is 284 g/mol. The predicted octanol–water partition coefficient (Wildman–Crippen LogP) is 3.07. The average Bonchev–Trinajstić information content (AvgIpc) is 2.86. The summed E-state index contributed by atoms with van der Waals surface area (Å²) in [6.45, 7) is 4.63. The normalized spacial score (nSPS) is 21.2. The first-order valence-corrected chi connectivity index (χ1v) is 8.64. The lowest BCUT2D eigenvalue weighted by molar-refractivity contribution is 0.0938. The van der Waals surface area contributed by atoms with E-state index in [9.17, 15) is 4.79 Å². The van der Waals surface area contributed by atoms with Gasteiger partial charge in [0.2, 0.25) is 0 Å². The van der Waals surface area contributed by atoms with Crippen LogP contribution in [-0.4, -0.2) is 29.6 Å². The monoisotopic (exact) mass is 308 g/mol. The molecule has 1 amide bonds. The zero-order valence-electron chi connectivity index (χ0n) is 12.7. The van der Waals surface area contributed by atoms with Gasteiger partial charge in [-0.3, -0.25) is 4.79 Å². The molecule has 2 rings (SSSR count). The number of benzene rings is 1. The van der Waals surface area contributed by atoms with Crippen molar-refractivity contribution in [3.05, 3.63) is 23.8 Å². The summed E-state index contributed by atoms with van der Waals surface area (Å²) in [6.07, 6.45) is 3.43. The second-order valence-corrected chi connectivity index (χ2v) is 6.74. The zero-order chi connectivity index (χ0) is 15.2. The molecule has 0 heterocycles. The van der Waals surface area contributed by atoms with Crippen molar-refractivity contribution in [2.45, 2.75) is 44.4 Å². The highest BCUT2D eigenvalue weighted by molar-refractivity contribution is 7.99. The first-order valence-electron chi connectivity index (χ1n) is 7.59. The summed E-state index contributed by atoms with van der Waals surface area (Å²) in [5.74, 6) is 1.68. The molecular formula is C16H24N2O2S. The van der Waals surface area contributed by atoms with Gasteiger partial charge < -0.3 is 15.8 Å². The summed E-state index contributed by atoms with van der Waals surface area (Å²) >= 11 is 1.93. The van der Waals surface area contributed by atoms with Gasteiger partial charge in [-0.15, -0.1) is 0 Å². The highest BCUT2D eigenvalue weighted by Crippen LogP contribution is 2.30. The molecule has 5 heteroatoms. The maximum Gasteiger partial charge on any atom is 0.251 e. The molecule has 0 aliphatic heterocycles. The molecule has 1 aliphatic carbocycles. The molecule has 0 spiro atoms. The van der Waals surface area contributed by atoms with Crippen LogP contribution >= 0.6 is 11.8 Å². The molecule has 2 atom stereocenters. The van der Waals surface area contributed by atoms with Crippen molar-refractivity contribution < 1.29 is 9.53 Å². The van der Waals surface area contributed by atoms with Crippen LogP contribution in [0.4, 0.5) is 5.69 Å². The maximum atomic E-state index is 12.4. The molecule has 0 saturated heterocycles. The minimum absolute atomic E-state index is 0.0585. The van der Waals surface area contributed by atoms with Gasteiger partial charge in [-0.1, -0.05) is 13.3 Å². The first-order chi connectivity index (χ1) is 10.1. The Morgan fingerprint density at radius 1 is 1.38 bits per heavy atom. The van der Waals surface area contributed by atoms with Crippen molar-refractivity contribution in [2.24, 2.45) is 0 Å². The summed E-state index contributed by atoms with van der Waals surface area (Å²) in [5.41, 5.74) is 6.97. The minimum atomic E-state index is -0.0585. The summed E-state index contributed by atoms with van der Waals surface area (Å²) in [7, 11) is 0. The second-order valence-electron chi connectivity index (χ2n) is 5.23. The van der Waals surface area contributed by atoms with Crippen molar-refractivity contribution >= 4 is 23.4 Å². The molecule has 0 radical (unpaired) electrons. The Labute approximate surface area is 130 Å². The van der Waals surface area contributed by atoms with E-state index in [1.54, 1.807) is 18.2 Å². The van der Waals surface area contributed by atoms with Gasteiger partial charge in [-0.05, 0) is 37.7 Å². The molecule has 0 aromatic heterocycles. The highest BCUT2D eigenvalue weighted by Gasteiger charge is 2.28. The van der Waals surface area contributed by atoms with Crippen molar-refractivity contribution in [3.63, 3.8) is 0 Å². The van der Waals surface area contributed by atoms with Crippen molar-refractivity contribution in [1.82, 2.24) is 5.32 Å². The minimum Gasteiger partial charge on any atom is -0.494 e. The lowest BCUT2D eigenvalue weighted by Gasteiger charge is -2.20. The quantitative estimate of drug-likeness (QED) is 0.793. The predicted molar refractivity (Wildman–Crippen MR) is 89.0 cm³/mol. The number of ether oxygens (including phenoxy) is 1. The lowest BCUT2D eigenvalue weighted by Crippen LogP contribution is -2.38. The molecule has 1 fully saturated rings. The molecule has 1 aliphatic rings. The van der Waals surface area contributed by atoms with Crippen LogP contribution in [0.15, 0.2) is 18.2 Å². The van der Waals surface area contributed by atoms with Crippen molar-refractivity contribution in [2.75, 3.05) is 18.1 Å². The van der Waals surface area contributed by atoms with Gasteiger partial charge in [0.15, 0.2) is 0 Å². The van der Waals surface area contributed by atoms with E-state index in [-0.39, 0.29) is 11.9 Å². The zero-order valence-corrected chi connectivity index (χ0v) is 13.5. The summed E-state index contributed by atoms with van der Waals surface area (Å²) in [6, 6.07) is 5.46. The Kier molecular flexibility index (Phi) is 5.79. The molecule has 116 valence electrons. The van der Waals surface area contributed by atoms with E-state index < -0.39 is 0 Å². The third-order valence-corrected chi connectivity index (χ3v) is 4.98. The van der Waals surface area contributed by atoms with Crippen LogP contribution in [0.3, 0.4) is 0 Å². The van der Waals surface area contributed by atoms with E-state index in [2.05, 4.69) is 12.2 Å². The SMILES string of the molecule is CCOc1cc(N)cc(C(=O)NC2CCCC2SCC)c1. The number of nitrogen functional groups attached to an aromatic ring is 1. The molecule has 2 unspecified atom stereocenters. The number of thioether (sulfide) groups is 1. The van der Waals surface area contributed by atoms with Crippen LogP contribution in [0, 0.1) is 0 Å². The molecule has 1 saturated carbocycles. The highest BCUT2D eigenvalue weighted by atomic mass is 32.2. The topological polar surface area (TPSA) is 64.3 Å². The molecule has 4 nitrogen and oxygen atoms in total. The number of nitrogens with one attached hydrogen (secondary N) is 1. The first kappa shape index (κ1) is 16.0. The molecule has 1 aromatic rings. The Balaban J connectivity index is 2.05. The van der Waals surface area contributed by atoms with Gasteiger partial charge in [-0.25, -0.2) is 0 Å². The Morgan fingerprint density at radius 2 is 2.19 bits per heavy atom. The number of nitrogens with two attached hydrogens (primary N) is 1. The summed E-state index contributed by atoms with van der Waals surface area (Å²) < 4.78 is 5.44. The second kappa shape index (κ2) is 7.59. The average molecular weight is 308 g/mol. The van der Waals surface area contributed by atoms with Gasteiger partial charge in [-0.2, -0.15) is 11.8 Å². The molecule has 3 N–H and O–H groups in total. The standard InChI is InChI=1S/C16H24N2O2S/c1-3-20-13-9-11(8-12(17)10-13)16(19)18-14-6-5-7-15(14)21-4-2/h8-10,14-15H,3-7,17H2,1-2H3,(H,18,19). The van der Waals surface area contributed by atoms with E-state index in [4.69, 9.17) is 10.5 Å². The van der Waals surface area contributed by atoms with Crippen molar-refractivity contribution in [3.8, 4) is 5.75 Å². The number of carbonyl (C=O) groups is 1. The number of amides is 1. The lowest BCUT2D eigenvalue weighted by atomic mass is 10.1. The van der Waals surface area contributed by atoms with Crippen LogP contribution in [0.5, 0.6) is 5.75 Å². The third-order valence-electron chi connectivity index (χ3n) is 3.65. The Morgan fingerprint density at radius 3 is 2.90 bits per heavy atom. The van der Waals surface area contributed by atoms with E-state index in [1.807, 2.05) is 18.7 Å². The van der Waals surface area contributed by atoms with E-state index in [0.29, 0.717) is 28.9 Å². The van der Waals surface area contributed by atoms with E-state index in [1.165, 1.54) is 12.8 Å². The number of anilines is 1. The van der Waals surface area contributed by atoms with E-state index >= 15 is 0 Å². The van der Waals surface area contributed by atoms with Gasteiger partial charge in [0.1, 0.15) is 5.75 Å². The largest absolute Gasteiger partial charge is 0.494 e. The number of hydrogen-bond donors (Lipinski definition) is 2. The van der Waals surface area contributed by atoms with Gasteiger partial charge in [0, 0.05) is 28.6 Å². The fraction of sp³-hybridized carbons (Fsp3) is 0.562. The molecule has 1 aromatic carbocycles. The summed E-state index contributed by atoms with van der Waals surface area (Å²) in [4.78, 5) is 12.4. The maximum absolute atomic E-state index is 12.4. The van der Waals surface area contributed by atoms with Gasteiger partial charge in [0.25, 0.3) is 5.91 Å². The van der Waals surface area contributed by atoms with Crippen LogP contribution in [0.25, 0.3) is 0 Å². The number of rotatable bonds is 6. The Hall–Kier alpha value is -1.36. The summed E-state index contributed by atoms with van der Waals surface area (Å²) in [5, 5.41) is 3.69. The molecule has 0 bridgehead atoms. The third kappa shape index (κ3) is 4.30. The van der Waals surface area contributed by atoms with Crippen LogP contribution < -0.4 is 15.8 Å².